The Bertz CT molecular complexity index is 827. The van der Waals surface area contributed by atoms with E-state index in [1.165, 1.54) is 12.3 Å². The van der Waals surface area contributed by atoms with Crippen molar-refractivity contribution >= 4 is 26.5 Å². The number of hydrogen-bond acceptors (Lipinski definition) is 3. The molecule has 24 heavy (non-hydrogen) atoms. The molecule has 0 aliphatic heterocycles. The van der Waals surface area contributed by atoms with Crippen LogP contribution >= 0.6 is 0 Å². The highest BCUT2D eigenvalue weighted by molar-refractivity contribution is 7.93. The molecule has 0 bridgehead atoms. The minimum atomic E-state index is -3.44. The van der Waals surface area contributed by atoms with E-state index in [-0.39, 0.29) is 6.04 Å². The maximum atomic E-state index is 12.2. The van der Waals surface area contributed by atoms with E-state index in [4.69, 9.17) is 0 Å². The third-order valence-corrected chi connectivity index (χ3v) is 6.78. The number of rotatable bonds is 6. The zero-order valence-electron chi connectivity index (χ0n) is 14.6. The van der Waals surface area contributed by atoms with Gasteiger partial charge in [-0.1, -0.05) is 42.5 Å². The van der Waals surface area contributed by atoms with Gasteiger partial charge in [0.25, 0.3) is 0 Å². The number of carbonyl (C=O) groups excluding carboxylic acids is 1. The first-order valence-corrected chi connectivity index (χ1v) is 9.83. The van der Waals surface area contributed by atoms with Crippen LogP contribution < -0.4 is 5.32 Å². The molecular weight excluding hydrogens is 322 g/mol. The molecule has 0 aliphatic rings. The van der Waals surface area contributed by atoms with Gasteiger partial charge >= 0.3 is 0 Å². The summed E-state index contributed by atoms with van der Waals surface area (Å²) in [6.45, 7) is 6.53. The molecule has 0 saturated heterocycles. The molecule has 0 fully saturated rings. The minimum Gasteiger partial charge on any atom is -0.352 e. The normalized spacial score (nSPS) is 14.5. The number of benzene rings is 2. The number of nitrogens with one attached hydrogen (secondary N) is 1. The Labute approximate surface area is 144 Å². The fourth-order valence-corrected chi connectivity index (χ4v) is 3.87. The molecule has 1 N–H and O–H groups in total. The van der Waals surface area contributed by atoms with Crippen LogP contribution in [-0.4, -0.2) is 30.9 Å². The van der Waals surface area contributed by atoms with Crippen LogP contribution in [0.25, 0.3) is 10.8 Å². The summed E-state index contributed by atoms with van der Waals surface area (Å²) in [4.78, 5) is 12.2. The first-order valence-electron chi connectivity index (χ1n) is 8.22. The molecule has 2 aromatic rings. The van der Waals surface area contributed by atoms with Gasteiger partial charge in [0.15, 0.2) is 9.84 Å². The van der Waals surface area contributed by atoms with Gasteiger partial charge in [-0.25, -0.2) is 8.42 Å². The van der Waals surface area contributed by atoms with E-state index < -0.39 is 26.2 Å². The Balaban J connectivity index is 2.04. The lowest BCUT2D eigenvalue weighted by molar-refractivity contribution is -0.121. The maximum absolute atomic E-state index is 12.2. The van der Waals surface area contributed by atoms with E-state index in [9.17, 15) is 13.2 Å². The van der Waals surface area contributed by atoms with Crippen LogP contribution in [0.2, 0.25) is 0 Å². The fourth-order valence-electron chi connectivity index (χ4n) is 2.69. The second-order valence-electron chi connectivity index (χ2n) is 6.58. The maximum Gasteiger partial charge on any atom is 0.238 e. The van der Waals surface area contributed by atoms with Crippen LogP contribution in [0, 0.1) is 0 Å². The summed E-state index contributed by atoms with van der Waals surface area (Å²) < 4.78 is 24.2. The fraction of sp³-hybridized carbons (Fsp3) is 0.421. The van der Waals surface area contributed by atoms with Crippen molar-refractivity contribution in [2.24, 2.45) is 0 Å². The number of hydrogen-bond donors (Lipinski definition) is 1. The van der Waals surface area contributed by atoms with Gasteiger partial charge in [-0.2, -0.15) is 0 Å². The molecule has 0 aliphatic carbocycles. The van der Waals surface area contributed by atoms with Crippen molar-refractivity contribution in [3.63, 3.8) is 0 Å². The molecule has 4 nitrogen and oxygen atoms in total. The minimum absolute atomic E-state index is 0.136. The largest absolute Gasteiger partial charge is 0.352 e. The van der Waals surface area contributed by atoms with Crippen LogP contribution in [0.5, 0.6) is 0 Å². The second-order valence-corrected chi connectivity index (χ2v) is 9.40. The van der Waals surface area contributed by atoms with Gasteiger partial charge in [0.1, 0.15) is 5.25 Å². The van der Waals surface area contributed by atoms with E-state index in [1.807, 2.05) is 25.1 Å². The highest BCUT2D eigenvalue weighted by Crippen LogP contribution is 2.17. The monoisotopic (exact) mass is 347 g/mol. The second kappa shape index (κ2) is 7.34. The zero-order valence-corrected chi connectivity index (χ0v) is 15.4. The molecule has 0 saturated carbocycles. The number of carbonyl (C=O) groups is 1. The summed E-state index contributed by atoms with van der Waals surface area (Å²) in [5.74, 6) is -0.433. The Morgan fingerprint density at radius 3 is 2.25 bits per heavy atom. The lowest BCUT2D eigenvalue weighted by Crippen LogP contribution is -2.44. The van der Waals surface area contributed by atoms with Gasteiger partial charge in [0, 0.05) is 6.04 Å². The number of sulfone groups is 1. The van der Waals surface area contributed by atoms with Gasteiger partial charge in [0.2, 0.25) is 5.91 Å². The molecule has 0 radical (unpaired) electrons. The van der Waals surface area contributed by atoms with E-state index in [0.717, 1.165) is 10.9 Å². The highest BCUT2D eigenvalue weighted by Gasteiger charge is 2.31. The van der Waals surface area contributed by atoms with Gasteiger partial charge in [-0.3, -0.25) is 4.79 Å². The summed E-state index contributed by atoms with van der Waals surface area (Å²) in [5.41, 5.74) is 1.11. The Morgan fingerprint density at radius 2 is 1.62 bits per heavy atom. The van der Waals surface area contributed by atoms with E-state index in [1.54, 1.807) is 13.8 Å². The Morgan fingerprint density at radius 1 is 1.00 bits per heavy atom. The van der Waals surface area contributed by atoms with Crippen LogP contribution in [0.1, 0.15) is 33.3 Å². The summed E-state index contributed by atoms with van der Waals surface area (Å²) in [5, 5.41) is 3.56. The first-order chi connectivity index (χ1) is 11.2. The quantitative estimate of drug-likeness (QED) is 0.873. The summed E-state index contributed by atoms with van der Waals surface area (Å²) in [6.07, 6.45) is 0.658. The van der Waals surface area contributed by atoms with Crippen LogP contribution in [0.4, 0.5) is 0 Å². The molecule has 130 valence electrons. The van der Waals surface area contributed by atoms with E-state index >= 15 is 0 Å². The lowest BCUT2D eigenvalue weighted by Gasteiger charge is -2.19. The van der Waals surface area contributed by atoms with Crippen LogP contribution in [0.3, 0.4) is 0 Å². The third-order valence-electron chi connectivity index (χ3n) is 4.26. The topological polar surface area (TPSA) is 63.2 Å². The van der Waals surface area contributed by atoms with Crippen LogP contribution in [0.15, 0.2) is 42.5 Å². The van der Waals surface area contributed by atoms with Crippen molar-refractivity contribution < 1.29 is 13.2 Å². The molecule has 0 heterocycles. The Kier molecular flexibility index (Phi) is 5.65. The van der Waals surface area contributed by atoms with E-state index in [2.05, 4.69) is 29.6 Å². The van der Waals surface area contributed by atoms with Gasteiger partial charge in [-0.15, -0.1) is 0 Å². The van der Waals surface area contributed by atoms with Crippen LogP contribution in [-0.2, 0) is 21.1 Å². The number of amides is 1. The molecule has 5 heteroatoms. The third kappa shape index (κ3) is 4.15. The lowest BCUT2D eigenvalue weighted by atomic mass is 10.0. The van der Waals surface area contributed by atoms with Crippen molar-refractivity contribution in [1.29, 1.82) is 0 Å². The molecule has 0 aromatic heterocycles. The molecule has 2 rings (SSSR count). The van der Waals surface area contributed by atoms with Crippen molar-refractivity contribution in [2.75, 3.05) is 0 Å². The molecule has 0 spiro atoms. The average molecular weight is 347 g/mol. The van der Waals surface area contributed by atoms with E-state index in [0.29, 0.717) is 6.42 Å². The molecular formula is C19H25NO3S. The predicted octanol–water partition coefficient (Wildman–Crippen LogP) is 3.10. The molecule has 2 aromatic carbocycles. The Hall–Kier alpha value is -1.88. The summed E-state index contributed by atoms with van der Waals surface area (Å²) in [6, 6.07) is 14.2. The van der Waals surface area contributed by atoms with Gasteiger partial charge in [0.05, 0.1) is 5.25 Å². The van der Waals surface area contributed by atoms with Gasteiger partial charge in [-0.05, 0) is 50.5 Å². The standard InChI is InChI=1S/C19H25NO3S/c1-13(2)24(22,23)15(4)19(21)20-14(3)11-16-9-10-17-7-5-6-8-18(17)12-16/h5-10,12-15H,11H2,1-4H3,(H,20,21)/t14-,15+/m1/s1. The van der Waals surface area contributed by atoms with Crippen molar-refractivity contribution in [3.8, 4) is 0 Å². The SMILES string of the molecule is CC(C)S(=O)(=O)[C@@H](C)C(=O)N[C@H](C)Cc1ccc2ccccc2c1. The molecule has 0 unspecified atom stereocenters. The number of fused-ring (bicyclic) bond motifs is 1. The molecule has 2 atom stereocenters. The smallest absolute Gasteiger partial charge is 0.238 e. The molecule has 1 amide bonds. The van der Waals surface area contributed by atoms with Crippen molar-refractivity contribution in [2.45, 2.75) is 50.7 Å². The van der Waals surface area contributed by atoms with Crippen molar-refractivity contribution in [1.82, 2.24) is 5.32 Å². The van der Waals surface area contributed by atoms with Gasteiger partial charge < -0.3 is 5.32 Å². The summed E-state index contributed by atoms with van der Waals surface area (Å²) >= 11 is 0. The average Bonchev–Trinajstić information content (AvgIpc) is 2.53. The first kappa shape index (κ1) is 18.5. The predicted molar refractivity (Wildman–Crippen MR) is 98.8 cm³/mol. The van der Waals surface area contributed by atoms with Crippen molar-refractivity contribution in [3.05, 3.63) is 48.0 Å². The summed E-state index contributed by atoms with van der Waals surface area (Å²) in [7, 11) is -3.44. The highest BCUT2D eigenvalue weighted by atomic mass is 32.2. The zero-order chi connectivity index (χ0) is 17.9.